The zero-order valence-electron chi connectivity index (χ0n) is 18.4. The molecule has 0 radical (unpaired) electrons. The van der Waals surface area contributed by atoms with Gasteiger partial charge in [-0.15, -0.1) is 11.6 Å². The summed E-state index contributed by atoms with van der Waals surface area (Å²) >= 11 is 6.17. The molecule has 0 spiro atoms. The molecule has 7 atom stereocenters. The maximum absolute atomic E-state index is 11.6. The Morgan fingerprint density at radius 2 is 1.49 bits per heavy atom. The van der Waals surface area contributed by atoms with Gasteiger partial charge in [-0.3, -0.25) is 28.7 Å². The van der Waals surface area contributed by atoms with Crippen LogP contribution >= 0.6 is 11.6 Å². The minimum Gasteiger partial charge on any atom is -0.394 e. The minimum absolute atomic E-state index is 0.262. The Kier molecular flexibility index (Phi) is 7.96. The van der Waals surface area contributed by atoms with Crippen LogP contribution in [-0.4, -0.2) is 82.0 Å². The van der Waals surface area contributed by atoms with E-state index in [-0.39, 0.29) is 12.2 Å². The molecule has 0 bridgehead atoms. The van der Waals surface area contributed by atoms with Gasteiger partial charge in [0.05, 0.1) is 13.2 Å². The molecule has 2 aliphatic rings. The molecular formula is C20H25ClN4O10. The summed E-state index contributed by atoms with van der Waals surface area (Å²) in [6.07, 6.45) is -3.23. The predicted octanol–water partition coefficient (Wildman–Crippen LogP) is -2.87. The average molecular weight is 517 g/mol. The fraction of sp³-hybridized carbons (Fsp3) is 0.500. The number of aliphatic hydroxyl groups excluding tert-OH is 4. The van der Waals surface area contributed by atoms with Gasteiger partial charge in [-0.25, -0.2) is 9.59 Å². The van der Waals surface area contributed by atoms with Crippen molar-refractivity contribution in [3.05, 3.63) is 78.4 Å². The van der Waals surface area contributed by atoms with Crippen LogP contribution in [0.5, 0.6) is 0 Å². The highest BCUT2D eigenvalue weighted by molar-refractivity contribution is 6.24. The van der Waals surface area contributed by atoms with E-state index in [1.165, 1.54) is 19.3 Å². The number of halogens is 1. The van der Waals surface area contributed by atoms with Gasteiger partial charge in [0.25, 0.3) is 11.1 Å². The van der Waals surface area contributed by atoms with E-state index in [1.54, 1.807) is 0 Å². The van der Waals surface area contributed by atoms with E-state index in [1.807, 2.05) is 0 Å². The number of H-pyrrole nitrogens is 2. The number of hydrogen-bond donors (Lipinski definition) is 6. The van der Waals surface area contributed by atoms with Crippen molar-refractivity contribution in [3.63, 3.8) is 0 Å². The number of rotatable bonds is 4. The highest BCUT2D eigenvalue weighted by atomic mass is 35.5. The van der Waals surface area contributed by atoms with Crippen molar-refractivity contribution in [3.8, 4) is 0 Å². The molecule has 6 N–H and O–H groups in total. The van der Waals surface area contributed by atoms with Crippen LogP contribution < -0.4 is 22.5 Å². The van der Waals surface area contributed by atoms with Gasteiger partial charge in [-0.1, -0.05) is 6.58 Å². The number of aliphatic hydroxyl groups is 4. The molecule has 2 fully saturated rings. The number of aromatic nitrogens is 4. The van der Waals surface area contributed by atoms with E-state index in [9.17, 15) is 29.4 Å². The number of hydrogen-bond acceptors (Lipinski definition) is 10. The fourth-order valence-electron chi connectivity index (χ4n) is 3.69. The second-order valence-electron chi connectivity index (χ2n) is 8.07. The second kappa shape index (κ2) is 10.4. The first kappa shape index (κ1) is 26.7. The predicted molar refractivity (Wildman–Crippen MR) is 120 cm³/mol. The van der Waals surface area contributed by atoms with Crippen LogP contribution in [-0.2, 0) is 9.47 Å². The molecule has 0 aromatic carbocycles. The maximum Gasteiger partial charge on any atom is 0.330 e. The van der Waals surface area contributed by atoms with Crippen molar-refractivity contribution in [1.29, 1.82) is 0 Å². The van der Waals surface area contributed by atoms with E-state index in [2.05, 4.69) is 16.5 Å². The van der Waals surface area contributed by atoms with Gasteiger partial charge in [-0.05, 0) is 6.92 Å². The Labute approximate surface area is 201 Å². The molecule has 2 aliphatic heterocycles. The Hall–Kier alpha value is -2.85. The van der Waals surface area contributed by atoms with Crippen LogP contribution in [0.1, 0.15) is 19.4 Å². The Morgan fingerprint density at radius 3 is 1.91 bits per heavy atom. The largest absolute Gasteiger partial charge is 0.394 e. The van der Waals surface area contributed by atoms with Crippen molar-refractivity contribution >= 4 is 11.6 Å². The molecule has 15 heteroatoms. The third-order valence-corrected chi connectivity index (χ3v) is 6.05. The van der Waals surface area contributed by atoms with E-state index in [0.717, 1.165) is 21.3 Å². The smallest absolute Gasteiger partial charge is 0.330 e. The number of alkyl halides is 1. The topological polar surface area (TPSA) is 209 Å². The Balaban J connectivity index is 0.000000196. The van der Waals surface area contributed by atoms with Crippen LogP contribution in [0.15, 0.2) is 55.9 Å². The van der Waals surface area contributed by atoms with Gasteiger partial charge in [0.1, 0.15) is 29.3 Å². The fourth-order valence-corrected chi connectivity index (χ4v) is 3.98. The highest BCUT2D eigenvalue weighted by Crippen LogP contribution is 2.42. The standard InChI is InChI=1S/C10H13ClN2O5.C10H12N2O5/c1-10(11)7(16)5(4-14)18-8(10)13-3-2-6(15)12-9(13)17;1-5-8(15)6(4-13)17-9(5)12-3-2-7(14)11-10(12)16/h2-3,5,7-8,14,16H,4H2,1H3,(H,12,15,17);2-3,6,8-9,13,15H,1,4H2,(H,11,14,16)/t5-,7-,8-,10-;6-,8+,9-/m11/s1. The summed E-state index contributed by atoms with van der Waals surface area (Å²) in [5.41, 5.74) is -2.14. The molecule has 0 aliphatic carbocycles. The van der Waals surface area contributed by atoms with Gasteiger partial charge < -0.3 is 29.9 Å². The molecule has 0 amide bonds. The summed E-state index contributed by atoms with van der Waals surface area (Å²) in [7, 11) is 0. The second-order valence-corrected chi connectivity index (χ2v) is 8.88. The average Bonchev–Trinajstić information content (AvgIpc) is 3.21. The first-order chi connectivity index (χ1) is 16.4. The van der Waals surface area contributed by atoms with Crippen LogP contribution in [0.4, 0.5) is 0 Å². The third-order valence-electron chi connectivity index (χ3n) is 5.64. The van der Waals surface area contributed by atoms with Crippen LogP contribution in [0.2, 0.25) is 0 Å². The minimum atomic E-state index is -1.28. The molecule has 4 heterocycles. The molecule has 0 unspecified atom stereocenters. The van der Waals surface area contributed by atoms with Crippen molar-refractivity contribution in [2.24, 2.45) is 0 Å². The van der Waals surface area contributed by atoms with Gasteiger partial charge in [0.15, 0.2) is 12.5 Å². The lowest BCUT2D eigenvalue weighted by Gasteiger charge is -2.26. The maximum atomic E-state index is 11.6. The van der Waals surface area contributed by atoms with E-state index < -0.39 is 70.9 Å². The van der Waals surface area contributed by atoms with Gasteiger partial charge in [-0.2, -0.15) is 0 Å². The van der Waals surface area contributed by atoms with Crippen LogP contribution in [0, 0.1) is 0 Å². The number of ether oxygens (including phenoxy) is 2. The molecule has 0 saturated carbocycles. The van der Waals surface area contributed by atoms with Crippen LogP contribution in [0.25, 0.3) is 0 Å². The molecule has 2 aromatic heterocycles. The van der Waals surface area contributed by atoms with Crippen molar-refractivity contribution in [2.45, 2.75) is 48.7 Å². The van der Waals surface area contributed by atoms with Crippen molar-refractivity contribution < 1.29 is 29.9 Å². The van der Waals surface area contributed by atoms with Crippen molar-refractivity contribution in [2.75, 3.05) is 13.2 Å². The van der Waals surface area contributed by atoms with Gasteiger partial charge >= 0.3 is 11.4 Å². The third kappa shape index (κ3) is 5.23. The number of nitrogens with zero attached hydrogens (tertiary/aromatic N) is 2. The SMILES string of the molecule is C=C1[C@H](n2ccc(=O)[nH]c2=O)O[C@H](CO)[C@H]1O.C[C@@]1(Cl)[C@H](O)[C@@H](CO)O[C@H]1n1ccc(=O)[nH]c1=O. The molecule has 2 saturated heterocycles. The van der Waals surface area contributed by atoms with E-state index in [4.69, 9.17) is 31.3 Å². The highest BCUT2D eigenvalue weighted by Gasteiger charge is 2.53. The molecule has 2 aromatic rings. The van der Waals surface area contributed by atoms with E-state index in [0.29, 0.717) is 0 Å². The zero-order chi connectivity index (χ0) is 26.1. The lowest BCUT2D eigenvalue weighted by atomic mass is 10.0. The summed E-state index contributed by atoms with van der Waals surface area (Å²) in [5.74, 6) is 0. The lowest BCUT2D eigenvalue weighted by molar-refractivity contribution is -0.0470. The molecule has 35 heavy (non-hydrogen) atoms. The summed E-state index contributed by atoms with van der Waals surface area (Å²) in [5, 5.41) is 37.6. The summed E-state index contributed by atoms with van der Waals surface area (Å²) in [6, 6.07) is 2.31. The normalized spacial score (nSPS) is 32.3. The van der Waals surface area contributed by atoms with Gasteiger partial charge in [0, 0.05) is 30.1 Å². The van der Waals surface area contributed by atoms with Crippen molar-refractivity contribution in [1.82, 2.24) is 19.1 Å². The zero-order valence-corrected chi connectivity index (χ0v) is 19.2. The molecule has 192 valence electrons. The quantitative estimate of drug-likeness (QED) is 0.181. The van der Waals surface area contributed by atoms with E-state index >= 15 is 0 Å². The first-order valence-corrected chi connectivity index (χ1v) is 10.7. The summed E-state index contributed by atoms with van der Waals surface area (Å²) in [6.45, 7) is 4.32. The molecular weight excluding hydrogens is 492 g/mol. The number of aromatic amines is 2. The summed E-state index contributed by atoms with van der Waals surface area (Å²) in [4.78, 5) is 47.9. The molecule has 4 rings (SSSR count). The van der Waals surface area contributed by atoms with Crippen LogP contribution in [0.3, 0.4) is 0 Å². The molecule has 14 nitrogen and oxygen atoms in total. The Morgan fingerprint density at radius 1 is 0.971 bits per heavy atom. The lowest BCUT2D eigenvalue weighted by Crippen LogP contribution is -2.42. The summed E-state index contributed by atoms with van der Waals surface area (Å²) < 4.78 is 12.8. The number of nitrogens with one attached hydrogen (secondary N) is 2. The van der Waals surface area contributed by atoms with Gasteiger partial charge in [0.2, 0.25) is 0 Å². The monoisotopic (exact) mass is 516 g/mol. The Bertz CT molecular complexity index is 1300. The first-order valence-electron chi connectivity index (χ1n) is 10.3.